The third-order valence-corrected chi connectivity index (χ3v) is 4.80. The molecule has 0 radical (unpaired) electrons. The number of carbonyl (C=O) groups is 2. The van der Waals surface area contributed by atoms with E-state index in [1.807, 2.05) is 32.0 Å². The fourth-order valence-corrected chi connectivity index (χ4v) is 3.50. The average molecular weight is 330 g/mol. The van der Waals surface area contributed by atoms with Crippen LogP contribution in [0, 0.1) is 5.92 Å². The van der Waals surface area contributed by atoms with Crippen molar-refractivity contribution < 1.29 is 14.3 Å². The van der Waals surface area contributed by atoms with Crippen molar-refractivity contribution in [3.05, 3.63) is 29.8 Å². The minimum absolute atomic E-state index is 0.0239. The summed E-state index contributed by atoms with van der Waals surface area (Å²) in [7, 11) is 0. The van der Waals surface area contributed by atoms with E-state index in [1.54, 1.807) is 4.90 Å². The van der Waals surface area contributed by atoms with Crippen molar-refractivity contribution >= 4 is 11.8 Å². The first-order valence-electron chi connectivity index (χ1n) is 8.89. The van der Waals surface area contributed by atoms with Crippen molar-refractivity contribution in [3.63, 3.8) is 0 Å². The molecule has 1 N–H and O–H groups in total. The lowest BCUT2D eigenvalue weighted by Gasteiger charge is -2.36. The highest BCUT2D eigenvalue weighted by molar-refractivity contribution is 5.88. The van der Waals surface area contributed by atoms with Crippen LogP contribution in [-0.4, -0.2) is 41.9 Å². The summed E-state index contributed by atoms with van der Waals surface area (Å²) in [5.74, 6) is 0.847. The highest BCUT2D eigenvalue weighted by atomic mass is 16.5. The lowest BCUT2D eigenvalue weighted by atomic mass is 9.99. The van der Waals surface area contributed by atoms with Gasteiger partial charge in [-0.05, 0) is 30.9 Å². The van der Waals surface area contributed by atoms with E-state index in [2.05, 4.69) is 11.4 Å². The number of benzene rings is 1. The van der Waals surface area contributed by atoms with Gasteiger partial charge in [-0.1, -0.05) is 32.0 Å². The quantitative estimate of drug-likeness (QED) is 0.920. The van der Waals surface area contributed by atoms with E-state index in [-0.39, 0.29) is 29.9 Å². The van der Waals surface area contributed by atoms with E-state index in [0.29, 0.717) is 13.1 Å². The van der Waals surface area contributed by atoms with Crippen LogP contribution in [0.4, 0.5) is 0 Å². The van der Waals surface area contributed by atoms with Gasteiger partial charge < -0.3 is 15.0 Å². The summed E-state index contributed by atoms with van der Waals surface area (Å²) in [5.41, 5.74) is 1.19. The number of carbonyl (C=O) groups excluding carboxylic acids is 2. The van der Waals surface area contributed by atoms with Crippen LogP contribution >= 0.6 is 0 Å². The first-order valence-corrected chi connectivity index (χ1v) is 8.89. The van der Waals surface area contributed by atoms with Gasteiger partial charge in [-0.15, -0.1) is 0 Å². The SMILES string of the molecule is CC(C)C(=O)N1CCCC[C@H]1C(=O)NC[C@H]1Cc2ccccc2O1. The number of ether oxygens (including phenoxy) is 1. The molecule has 5 nitrogen and oxygen atoms in total. The summed E-state index contributed by atoms with van der Waals surface area (Å²) in [5, 5.41) is 3.00. The standard InChI is InChI=1S/C19H26N2O3/c1-13(2)19(23)21-10-6-5-8-16(21)18(22)20-12-15-11-14-7-3-4-9-17(14)24-15/h3-4,7,9,13,15-16H,5-6,8,10-12H2,1-2H3,(H,20,22)/t15-,16+/m1/s1. The Morgan fingerprint density at radius 3 is 2.83 bits per heavy atom. The average Bonchev–Trinajstić information content (AvgIpc) is 3.02. The van der Waals surface area contributed by atoms with Gasteiger partial charge in [0, 0.05) is 18.9 Å². The number of piperidine rings is 1. The number of hydrogen-bond donors (Lipinski definition) is 1. The fourth-order valence-electron chi connectivity index (χ4n) is 3.50. The molecule has 2 heterocycles. The van der Waals surface area contributed by atoms with Crippen LogP contribution in [0.1, 0.15) is 38.7 Å². The molecule has 0 aromatic heterocycles. The van der Waals surface area contributed by atoms with Crippen LogP contribution in [0.15, 0.2) is 24.3 Å². The maximum atomic E-state index is 12.6. The summed E-state index contributed by atoms with van der Waals surface area (Å²) < 4.78 is 5.86. The highest BCUT2D eigenvalue weighted by Gasteiger charge is 2.33. The van der Waals surface area contributed by atoms with Crippen molar-refractivity contribution in [2.45, 2.75) is 51.7 Å². The largest absolute Gasteiger partial charge is 0.488 e. The Morgan fingerprint density at radius 1 is 1.29 bits per heavy atom. The van der Waals surface area contributed by atoms with Crippen LogP contribution in [-0.2, 0) is 16.0 Å². The number of amides is 2. The third kappa shape index (κ3) is 3.55. The topological polar surface area (TPSA) is 58.6 Å². The van der Waals surface area contributed by atoms with Crippen LogP contribution < -0.4 is 10.1 Å². The fraction of sp³-hybridized carbons (Fsp3) is 0.579. The molecular formula is C19H26N2O3. The predicted molar refractivity (Wildman–Crippen MR) is 91.8 cm³/mol. The molecule has 24 heavy (non-hydrogen) atoms. The Bertz CT molecular complexity index is 589. The second-order valence-electron chi connectivity index (χ2n) is 6.99. The molecule has 1 aromatic carbocycles. The van der Waals surface area contributed by atoms with Gasteiger partial charge in [0.25, 0.3) is 0 Å². The molecule has 2 aliphatic heterocycles. The van der Waals surface area contributed by atoms with E-state index in [1.165, 1.54) is 5.56 Å². The number of para-hydroxylation sites is 1. The maximum absolute atomic E-state index is 12.6. The van der Waals surface area contributed by atoms with Crippen LogP contribution in [0.25, 0.3) is 0 Å². The van der Waals surface area contributed by atoms with Crippen molar-refractivity contribution in [2.75, 3.05) is 13.1 Å². The summed E-state index contributed by atoms with van der Waals surface area (Å²) in [6, 6.07) is 7.64. The summed E-state index contributed by atoms with van der Waals surface area (Å²) in [6.07, 6.45) is 3.50. The summed E-state index contributed by atoms with van der Waals surface area (Å²) in [4.78, 5) is 26.7. The Kier molecular flexibility index (Phi) is 5.07. The predicted octanol–water partition coefficient (Wildman–Crippen LogP) is 2.14. The zero-order chi connectivity index (χ0) is 17.1. The van der Waals surface area contributed by atoms with Crippen LogP contribution in [0.3, 0.4) is 0 Å². The first-order chi connectivity index (χ1) is 11.6. The highest BCUT2D eigenvalue weighted by Crippen LogP contribution is 2.28. The zero-order valence-electron chi connectivity index (χ0n) is 14.5. The Labute approximate surface area is 143 Å². The minimum Gasteiger partial charge on any atom is -0.488 e. The van der Waals surface area contributed by atoms with Crippen LogP contribution in [0.2, 0.25) is 0 Å². The van der Waals surface area contributed by atoms with E-state index in [9.17, 15) is 9.59 Å². The second-order valence-corrected chi connectivity index (χ2v) is 6.99. The zero-order valence-corrected chi connectivity index (χ0v) is 14.5. The van der Waals surface area contributed by atoms with Gasteiger partial charge in [-0.25, -0.2) is 0 Å². The molecule has 0 saturated carbocycles. The molecule has 0 spiro atoms. The van der Waals surface area contributed by atoms with Crippen molar-refractivity contribution in [1.29, 1.82) is 0 Å². The third-order valence-electron chi connectivity index (χ3n) is 4.80. The van der Waals surface area contributed by atoms with Gasteiger partial charge in [0.05, 0.1) is 6.54 Å². The molecule has 2 atom stereocenters. The molecular weight excluding hydrogens is 304 g/mol. The van der Waals surface area contributed by atoms with E-state index in [4.69, 9.17) is 4.74 Å². The number of fused-ring (bicyclic) bond motifs is 1. The molecule has 0 bridgehead atoms. The van der Waals surface area contributed by atoms with Gasteiger partial charge in [-0.2, -0.15) is 0 Å². The normalized spacial score (nSPS) is 22.9. The molecule has 2 amide bonds. The Morgan fingerprint density at radius 2 is 2.08 bits per heavy atom. The molecule has 0 unspecified atom stereocenters. The molecule has 1 aromatic rings. The minimum atomic E-state index is -0.336. The number of nitrogens with zero attached hydrogens (tertiary/aromatic N) is 1. The monoisotopic (exact) mass is 330 g/mol. The number of likely N-dealkylation sites (tertiary alicyclic amines) is 1. The van der Waals surface area contributed by atoms with Crippen molar-refractivity contribution in [2.24, 2.45) is 5.92 Å². The van der Waals surface area contributed by atoms with Crippen molar-refractivity contribution in [1.82, 2.24) is 10.2 Å². The van der Waals surface area contributed by atoms with Gasteiger partial charge in [-0.3, -0.25) is 9.59 Å². The molecule has 1 saturated heterocycles. The summed E-state index contributed by atoms with van der Waals surface area (Å²) in [6.45, 7) is 4.93. The lowest BCUT2D eigenvalue weighted by Crippen LogP contribution is -2.54. The Hall–Kier alpha value is -2.04. The van der Waals surface area contributed by atoms with E-state index < -0.39 is 0 Å². The van der Waals surface area contributed by atoms with E-state index >= 15 is 0 Å². The molecule has 3 rings (SSSR count). The number of hydrogen-bond acceptors (Lipinski definition) is 3. The molecule has 0 aliphatic carbocycles. The number of rotatable bonds is 4. The lowest BCUT2D eigenvalue weighted by molar-refractivity contribution is -0.144. The van der Waals surface area contributed by atoms with Gasteiger partial charge in [0.1, 0.15) is 17.9 Å². The maximum Gasteiger partial charge on any atom is 0.242 e. The van der Waals surface area contributed by atoms with Gasteiger partial charge in [0.15, 0.2) is 0 Å². The summed E-state index contributed by atoms with van der Waals surface area (Å²) >= 11 is 0. The first kappa shape index (κ1) is 16.8. The van der Waals surface area contributed by atoms with Crippen molar-refractivity contribution in [3.8, 4) is 5.75 Å². The van der Waals surface area contributed by atoms with Gasteiger partial charge >= 0.3 is 0 Å². The van der Waals surface area contributed by atoms with Crippen LogP contribution in [0.5, 0.6) is 5.75 Å². The second kappa shape index (κ2) is 7.24. The smallest absolute Gasteiger partial charge is 0.242 e. The van der Waals surface area contributed by atoms with Gasteiger partial charge in [0.2, 0.25) is 11.8 Å². The molecule has 1 fully saturated rings. The molecule has 2 aliphatic rings. The molecule has 5 heteroatoms. The Balaban J connectivity index is 1.55. The van der Waals surface area contributed by atoms with E-state index in [0.717, 1.165) is 31.4 Å². The number of nitrogens with one attached hydrogen (secondary N) is 1. The molecule has 130 valence electrons.